The summed E-state index contributed by atoms with van der Waals surface area (Å²) in [6.45, 7) is 2.96. The number of pyridine rings is 1. The van der Waals surface area contributed by atoms with Crippen molar-refractivity contribution in [1.29, 1.82) is 5.26 Å². The minimum atomic E-state index is 0.374. The van der Waals surface area contributed by atoms with Gasteiger partial charge in [-0.25, -0.2) is 0 Å². The lowest BCUT2D eigenvalue weighted by Crippen LogP contribution is -2.21. The molecule has 5 nitrogen and oxygen atoms in total. The second-order valence-corrected chi connectivity index (χ2v) is 4.86. The largest absolute Gasteiger partial charge is 0.297 e. The van der Waals surface area contributed by atoms with Crippen molar-refractivity contribution in [2.24, 2.45) is 0 Å². The molecule has 1 aliphatic rings. The third-order valence-corrected chi connectivity index (χ3v) is 3.48. The van der Waals surface area contributed by atoms with Crippen LogP contribution in [0.5, 0.6) is 0 Å². The number of aromatic nitrogens is 3. The van der Waals surface area contributed by atoms with Gasteiger partial charge in [0.1, 0.15) is 6.07 Å². The molecule has 3 rings (SSSR count). The maximum Gasteiger partial charge on any atom is 0.102 e. The molecule has 96 valence electrons. The van der Waals surface area contributed by atoms with Gasteiger partial charge in [-0.15, -0.1) is 0 Å². The van der Waals surface area contributed by atoms with Crippen LogP contribution in [0.4, 0.5) is 0 Å². The first kappa shape index (κ1) is 11.9. The van der Waals surface area contributed by atoms with Crippen LogP contribution in [0.2, 0.25) is 0 Å². The summed E-state index contributed by atoms with van der Waals surface area (Å²) in [5, 5.41) is 13.1. The van der Waals surface area contributed by atoms with E-state index in [0.29, 0.717) is 11.6 Å². The molecule has 0 amide bonds. The number of nitrogens with zero attached hydrogens (tertiary/aromatic N) is 5. The maximum absolute atomic E-state index is 8.82. The summed E-state index contributed by atoms with van der Waals surface area (Å²) in [5.74, 6) is 0. The van der Waals surface area contributed by atoms with E-state index in [9.17, 15) is 0 Å². The van der Waals surface area contributed by atoms with Gasteiger partial charge in [0.15, 0.2) is 0 Å². The van der Waals surface area contributed by atoms with E-state index in [4.69, 9.17) is 5.26 Å². The van der Waals surface area contributed by atoms with Gasteiger partial charge in [-0.2, -0.15) is 10.4 Å². The molecule has 19 heavy (non-hydrogen) atoms. The first-order valence-electron chi connectivity index (χ1n) is 6.40. The molecule has 1 saturated heterocycles. The van der Waals surface area contributed by atoms with Crippen LogP contribution < -0.4 is 0 Å². The molecule has 2 aromatic rings. The van der Waals surface area contributed by atoms with E-state index >= 15 is 0 Å². The van der Waals surface area contributed by atoms with Crippen molar-refractivity contribution in [2.45, 2.75) is 19.0 Å². The number of likely N-dealkylation sites (tertiary alicyclic amines) is 1. The van der Waals surface area contributed by atoms with E-state index < -0.39 is 0 Å². The Morgan fingerprint density at radius 1 is 1.42 bits per heavy atom. The Morgan fingerprint density at radius 3 is 3.11 bits per heavy atom. The van der Waals surface area contributed by atoms with E-state index in [2.05, 4.69) is 27.1 Å². The van der Waals surface area contributed by atoms with Crippen LogP contribution in [0.25, 0.3) is 0 Å². The van der Waals surface area contributed by atoms with Gasteiger partial charge in [0, 0.05) is 38.2 Å². The lowest BCUT2D eigenvalue weighted by atomic mass is 10.2. The zero-order chi connectivity index (χ0) is 13.1. The quantitative estimate of drug-likeness (QED) is 0.833. The highest BCUT2D eigenvalue weighted by molar-refractivity contribution is 5.22. The van der Waals surface area contributed by atoms with Crippen LogP contribution in [0.15, 0.2) is 36.9 Å². The molecule has 1 fully saturated rings. The average Bonchev–Trinajstić information content (AvgIpc) is 3.08. The summed E-state index contributed by atoms with van der Waals surface area (Å²) in [5.41, 5.74) is 1.87. The summed E-state index contributed by atoms with van der Waals surface area (Å²) < 4.78 is 1.92. The van der Waals surface area contributed by atoms with Gasteiger partial charge in [0.25, 0.3) is 0 Å². The van der Waals surface area contributed by atoms with Gasteiger partial charge in [0.2, 0.25) is 0 Å². The predicted octanol–water partition coefficient (Wildman–Crippen LogP) is 1.60. The van der Waals surface area contributed by atoms with Gasteiger partial charge < -0.3 is 0 Å². The zero-order valence-corrected chi connectivity index (χ0v) is 10.6. The van der Waals surface area contributed by atoms with Crippen LogP contribution in [0, 0.1) is 11.3 Å². The molecular weight excluding hydrogens is 238 g/mol. The summed E-state index contributed by atoms with van der Waals surface area (Å²) in [6.07, 6.45) is 8.24. The van der Waals surface area contributed by atoms with E-state index in [1.165, 1.54) is 5.56 Å². The fourth-order valence-electron chi connectivity index (χ4n) is 2.52. The molecule has 0 aromatic carbocycles. The topological polar surface area (TPSA) is 57.7 Å². The Morgan fingerprint density at radius 2 is 2.37 bits per heavy atom. The van der Waals surface area contributed by atoms with Crippen molar-refractivity contribution in [1.82, 2.24) is 19.7 Å². The van der Waals surface area contributed by atoms with Crippen LogP contribution in [0.1, 0.15) is 23.6 Å². The van der Waals surface area contributed by atoms with Crippen LogP contribution in [-0.2, 0) is 6.54 Å². The average molecular weight is 253 g/mol. The second-order valence-electron chi connectivity index (χ2n) is 4.86. The lowest BCUT2D eigenvalue weighted by molar-refractivity contribution is 0.311. The van der Waals surface area contributed by atoms with E-state index in [1.807, 2.05) is 23.1 Å². The van der Waals surface area contributed by atoms with Crippen LogP contribution >= 0.6 is 0 Å². The molecule has 1 unspecified atom stereocenters. The smallest absolute Gasteiger partial charge is 0.102 e. The van der Waals surface area contributed by atoms with Gasteiger partial charge in [-0.1, -0.05) is 6.07 Å². The summed E-state index contributed by atoms with van der Waals surface area (Å²) >= 11 is 0. The summed E-state index contributed by atoms with van der Waals surface area (Å²) in [4.78, 5) is 6.54. The Hall–Kier alpha value is -2.19. The van der Waals surface area contributed by atoms with E-state index in [-0.39, 0.29) is 0 Å². The molecule has 1 aliphatic heterocycles. The van der Waals surface area contributed by atoms with Crippen molar-refractivity contribution >= 4 is 0 Å². The van der Waals surface area contributed by atoms with Crippen molar-refractivity contribution < 1.29 is 0 Å². The second kappa shape index (κ2) is 5.21. The zero-order valence-electron chi connectivity index (χ0n) is 10.6. The normalized spacial score (nSPS) is 19.4. The lowest BCUT2D eigenvalue weighted by Gasteiger charge is -2.15. The van der Waals surface area contributed by atoms with E-state index in [0.717, 1.165) is 26.1 Å². The highest BCUT2D eigenvalue weighted by atomic mass is 15.3. The molecular formula is C14H15N5. The molecule has 0 saturated carbocycles. The molecule has 0 radical (unpaired) electrons. The van der Waals surface area contributed by atoms with Crippen molar-refractivity contribution in [3.63, 3.8) is 0 Å². The van der Waals surface area contributed by atoms with Crippen molar-refractivity contribution in [2.75, 3.05) is 13.1 Å². The van der Waals surface area contributed by atoms with Gasteiger partial charge in [0.05, 0.1) is 17.8 Å². The Balaban J connectivity index is 1.63. The van der Waals surface area contributed by atoms with Crippen molar-refractivity contribution in [3.8, 4) is 6.07 Å². The standard InChI is InChI=1S/C14H15N5/c15-6-13-8-17-19(10-13)14-3-5-18(11-14)9-12-2-1-4-16-7-12/h1-2,4,7-8,10,14H,3,5,9,11H2. The molecule has 0 spiro atoms. The van der Waals surface area contributed by atoms with Gasteiger partial charge >= 0.3 is 0 Å². The van der Waals surface area contributed by atoms with Crippen LogP contribution in [0.3, 0.4) is 0 Å². The maximum atomic E-state index is 8.82. The molecule has 3 heterocycles. The predicted molar refractivity (Wildman–Crippen MR) is 70.1 cm³/mol. The number of hydrogen-bond donors (Lipinski definition) is 0. The first-order chi connectivity index (χ1) is 9.35. The van der Waals surface area contributed by atoms with E-state index in [1.54, 1.807) is 12.4 Å². The monoisotopic (exact) mass is 253 g/mol. The van der Waals surface area contributed by atoms with Crippen LogP contribution in [-0.4, -0.2) is 32.8 Å². The Kier molecular flexibility index (Phi) is 3.25. The Labute approximate surface area is 112 Å². The molecule has 2 aromatic heterocycles. The number of hydrogen-bond acceptors (Lipinski definition) is 4. The first-order valence-corrected chi connectivity index (χ1v) is 6.40. The Bertz CT molecular complexity index is 583. The fourth-order valence-corrected chi connectivity index (χ4v) is 2.52. The van der Waals surface area contributed by atoms with Gasteiger partial charge in [-0.3, -0.25) is 14.6 Å². The minimum Gasteiger partial charge on any atom is -0.297 e. The summed E-state index contributed by atoms with van der Waals surface area (Å²) in [6, 6.07) is 6.56. The summed E-state index contributed by atoms with van der Waals surface area (Å²) in [7, 11) is 0. The third kappa shape index (κ3) is 2.64. The number of rotatable bonds is 3. The highest BCUT2D eigenvalue weighted by Crippen LogP contribution is 2.22. The molecule has 0 aliphatic carbocycles. The molecule has 0 N–H and O–H groups in total. The fraction of sp³-hybridized carbons (Fsp3) is 0.357. The number of nitriles is 1. The van der Waals surface area contributed by atoms with Crippen molar-refractivity contribution in [3.05, 3.63) is 48.0 Å². The molecule has 5 heteroatoms. The third-order valence-electron chi connectivity index (χ3n) is 3.48. The van der Waals surface area contributed by atoms with Gasteiger partial charge in [-0.05, 0) is 18.1 Å². The highest BCUT2D eigenvalue weighted by Gasteiger charge is 2.24. The minimum absolute atomic E-state index is 0.374. The molecule has 1 atom stereocenters. The molecule has 0 bridgehead atoms. The SMILES string of the molecule is N#Cc1cnn(C2CCN(Cc3cccnc3)C2)c1.